The van der Waals surface area contributed by atoms with E-state index in [0.717, 1.165) is 21.3 Å². The van der Waals surface area contributed by atoms with Crippen molar-refractivity contribution < 1.29 is 9.90 Å². The van der Waals surface area contributed by atoms with E-state index in [1.807, 2.05) is 18.2 Å². The topological polar surface area (TPSA) is 55.1 Å². The van der Waals surface area contributed by atoms with Crippen molar-refractivity contribution in [1.29, 1.82) is 0 Å². The molecule has 0 fully saturated rings. The van der Waals surface area contributed by atoms with Gasteiger partial charge in [0.1, 0.15) is 5.82 Å². The maximum absolute atomic E-state index is 10.6. The third kappa shape index (κ3) is 3.15. The van der Waals surface area contributed by atoms with Gasteiger partial charge in [0.2, 0.25) is 0 Å². The van der Waals surface area contributed by atoms with Crippen LogP contribution in [0.5, 0.6) is 0 Å². The van der Waals surface area contributed by atoms with Crippen molar-refractivity contribution >= 4 is 32.9 Å². The molecular weight excluding hydrogens is 308 g/mol. The van der Waals surface area contributed by atoms with Gasteiger partial charge in [-0.3, -0.25) is 4.79 Å². The van der Waals surface area contributed by atoms with Crippen molar-refractivity contribution in [3.05, 3.63) is 28.5 Å². The number of imidazole rings is 1. The Balaban J connectivity index is 2.36. The number of carboxylic acids is 1. The Labute approximate surface area is 120 Å². The van der Waals surface area contributed by atoms with Crippen LogP contribution in [0, 0.1) is 0 Å². The summed E-state index contributed by atoms with van der Waals surface area (Å²) in [6.07, 6.45) is 1.49. The molecule has 1 aromatic heterocycles. The number of rotatable bonds is 5. The second-order valence-corrected chi connectivity index (χ2v) is 5.79. The second-order valence-electron chi connectivity index (χ2n) is 4.87. The standard InChI is InChI=1S/C14H17BrN2O2/c1-9(2)17-12-7-6-10(15)8-11(12)16-13(17)4-3-5-14(18)19/h6-9H,3-5H2,1-2H3,(H,18,19). The summed E-state index contributed by atoms with van der Waals surface area (Å²) in [5.74, 6) is 0.208. The normalized spacial score (nSPS) is 11.4. The lowest BCUT2D eigenvalue weighted by Gasteiger charge is -2.12. The fourth-order valence-corrected chi connectivity index (χ4v) is 2.62. The molecule has 2 aromatic rings. The minimum Gasteiger partial charge on any atom is -0.481 e. The Morgan fingerprint density at radius 1 is 1.47 bits per heavy atom. The minimum atomic E-state index is -0.755. The number of nitrogens with zero attached hydrogens (tertiary/aromatic N) is 2. The smallest absolute Gasteiger partial charge is 0.303 e. The number of aromatic nitrogens is 2. The molecule has 0 spiro atoms. The van der Waals surface area contributed by atoms with Gasteiger partial charge in [0.25, 0.3) is 0 Å². The number of benzene rings is 1. The monoisotopic (exact) mass is 324 g/mol. The Morgan fingerprint density at radius 2 is 2.21 bits per heavy atom. The Kier molecular flexibility index (Phi) is 4.24. The first-order valence-corrected chi connectivity index (χ1v) is 7.16. The molecule has 0 amide bonds. The van der Waals surface area contributed by atoms with Crippen LogP contribution < -0.4 is 0 Å². The van der Waals surface area contributed by atoms with Crippen molar-refractivity contribution in [2.45, 2.75) is 39.2 Å². The molecular formula is C14H17BrN2O2. The van der Waals surface area contributed by atoms with E-state index < -0.39 is 5.97 Å². The van der Waals surface area contributed by atoms with Gasteiger partial charge in [-0.15, -0.1) is 0 Å². The van der Waals surface area contributed by atoms with Gasteiger partial charge in [0, 0.05) is 23.4 Å². The fraction of sp³-hybridized carbons (Fsp3) is 0.429. The zero-order chi connectivity index (χ0) is 14.0. The second kappa shape index (κ2) is 5.74. The van der Waals surface area contributed by atoms with Crippen LogP contribution in [0.15, 0.2) is 22.7 Å². The summed E-state index contributed by atoms with van der Waals surface area (Å²) in [4.78, 5) is 15.2. The molecule has 0 bridgehead atoms. The third-order valence-corrected chi connectivity index (χ3v) is 3.53. The lowest BCUT2D eigenvalue weighted by Crippen LogP contribution is -2.07. The molecule has 0 aliphatic carbocycles. The van der Waals surface area contributed by atoms with Crippen LogP contribution in [0.1, 0.15) is 38.6 Å². The largest absolute Gasteiger partial charge is 0.481 e. The fourth-order valence-electron chi connectivity index (χ4n) is 2.27. The summed E-state index contributed by atoms with van der Waals surface area (Å²) >= 11 is 3.45. The molecule has 4 nitrogen and oxygen atoms in total. The maximum atomic E-state index is 10.6. The molecule has 0 radical (unpaired) electrons. The maximum Gasteiger partial charge on any atom is 0.303 e. The van der Waals surface area contributed by atoms with Crippen LogP contribution in [-0.2, 0) is 11.2 Å². The summed E-state index contributed by atoms with van der Waals surface area (Å²) < 4.78 is 3.19. The van der Waals surface area contributed by atoms with Gasteiger partial charge in [-0.2, -0.15) is 0 Å². The first-order chi connectivity index (χ1) is 8.99. The lowest BCUT2D eigenvalue weighted by atomic mass is 10.2. The van der Waals surface area contributed by atoms with E-state index in [0.29, 0.717) is 18.9 Å². The summed E-state index contributed by atoms with van der Waals surface area (Å²) in [5.41, 5.74) is 2.05. The molecule has 1 aromatic carbocycles. The number of aliphatic carboxylic acids is 1. The van der Waals surface area contributed by atoms with Gasteiger partial charge in [0.05, 0.1) is 11.0 Å². The van der Waals surface area contributed by atoms with E-state index in [4.69, 9.17) is 5.11 Å². The summed E-state index contributed by atoms with van der Waals surface area (Å²) in [6.45, 7) is 4.23. The molecule has 0 aliphatic rings. The highest BCUT2D eigenvalue weighted by atomic mass is 79.9. The summed E-state index contributed by atoms with van der Waals surface area (Å²) in [5, 5.41) is 8.71. The molecule has 0 atom stereocenters. The van der Waals surface area contributed by atoms with Crippen LogP contribution in [0.25, 0.3) is 11.0 Å². The van der Waals surface area contributed by atoms with Gasteiger partial charge in [-0.05, 0) is 38.5 Å². The van der Waals surface area contributed by atoms with Crippen LogP contribution in [0.2, 0.25) is 0 Å². The lowest BCUT2D eigenvalue weighted by molar-refractivity contribution is -0.137. The van der Waals surface area contributed by atoms with Crippen molar-refractivity contribution in [3.63, 3.8) is 0 Å². The zero-order valence-electron chi connectivity index (χ0n) is 11.1. The Bertz CT molecular complexity index is 605. The van der Waals surface area contributed by atoms with Crippen LogP contribution >= 0.6 is 15.9 Å². The highest BCUT2D eigenvalue weighted by Gasteiger charge is 2.13. The molecule has 1 heterocycles. The number of fused-ring (bicyclic) bond motifs is 1. The van der Waals surface area contributed by atoms with Gasteiger partial charge in [0.15, 0.2) is 0 Å². The zero-order valence-corrected chi connectivity index (χ0v) is 12.6. The van der Waals surface area contributed by atoms with E-state index in [-0.39, 0.29) is 6.42 Å². The van der Waals surface area contributed by atoms with E-state index in [1.54, 1.807) is 0 Å². The van der Waals surface area contributed by atoms with Gasteiger partial charge < -0.3 is 9.67 Å². The highest BCUT2D eigenvalue weighted by Crippen LogP contribution is 2.25. The summed E-state index contributed by atoms with van der Waals surface area (Å²) in [6, 6.07) is 6.36. The minimum absolute atomic E-state index is 0.186. The predicted octanol–water partition coefficient (Wildman–Crippen LogP) is 3.79. The van der Waals surface area contributed by atoms with Crippen LogP contribution in [0.3, 0.4) is 0 Å². The van der Waals surface area contributed by atoms with Gasteiger partial charge in [-0.1, -0.05) is 15.9 Å². The number of carboxylic acid groups (broad SMARTS) is 1. The van der Waals surface area contributed by atoms with Crippen molar-refractivity contribution in [3.8, 4) is 0 Å². The van der Waals surface area contributed by atoms with Crippen LogP contribution in [0.4, 0.5) is 0 Å². The molecule has 1 N–H and O–H groups in total. The summed E-state index contributed by atoms with van der Waals surface area (Å²) in [7, 11) is 0. The first-order valence-electron chi connectivity index (χ1n) is 6.37. The van der Waals surface area contributed by atoms with Crippen LogP contribution in [-0.4, -0.2) is 20.6 Å². The number of aryl methyl sites for hydroxylation is 1. The van der Waals surface area contributed by atoms with Crippen molar-refractivity contribution in [2.24, 2.45) is 0 Å². The molecule has 0 aliphatic heterocycles. The van der Waals surface area contributed by atoms with Gasteiger partial charge in [-0.25, -0.2) is 4.98 Å². The molecule has 102 valence electrons. The highest BCUT2D eigenvalue weighted by molar-refractivity contribution is 9.10. The van der Waals surface area contributed by atoms with E-state index in [9.17, 15) is 4.79 Å². The van der Waals surface area contributed by atoms with Crippen molar-refractivity contribution in [1.82, 2.24) is 9.55 Å². The average molecular weight is 325 g/mol. The molecule has 5 heteroatoms. The predicted molar refractivity (Wildman–Crippen MR) is 78.4 cm³/mol. The van der Waals surface area contributed by atoms with E-state index >= 15 is 0 Å². The third-order valence-electron chi connectivity index (χ3n) is 3.03. The molecule has 0 saturated carbocycles. The quantitative estimate of drug-likeness (QED) is 0.910. The van der Waals surface area contributed by atoms with E-state index in [2.05, 4.69) is 39.3 Å². The number of hydrogen-bond acceptors (Lipinski definition) is 2. The SMILES string of the molecule is CC(C)n1c(CCCC(=O)O)nc2cc(Br)ccc21. The van der Waals surface area contributed by atoms with E-state index in [1.165, 1.54) is 0 Å². The number of hydrogen-bond donors (Lipinski definition) is 1. The Morgan fingerprint density at radius 3 is 2.84 bits per heavy atom. The molecule has 2 rings (SSSR count). The van der Waals surface area contributed by atoms with Gasteiger partial charge >= 0.3 is 5.97 Å². The molecule has 19 heavy (non-hydrogen) atoms. The Hall–Kier alpha value is -1.36. The number of halogens is 1. The molecule has 0 saturated heterocycles. The first kappa shape index (κ1) is 14.1. The van der Waals surface area contributed by atoms with Crippen molar-refractivity contribution in [2.75, 3.05) is 0 Å². The molecule has 0 unspecified atom stereocenters. The number of carbonyl (C=O) groups is 1. The average Bonchev–Trinajstić information content (AvgIpc) is 2.65.